The lowest BCUT2D eigenvalue weighted by molar-refractivity contribution is -0.00903. The molecule has 16 fully saturated rings. The van der Waals surface area contributed by atoms with E-state index < -0.39 is 0 Å². The van der Waals surface area contributed by atoms with Crippen molar-refractivity contribution in [1.82, 2.24) is 0 Å². The van der Waals surface area contributed by atoms with E-state index in [-0.39, 0.29) is 18.1 Å². The molecule has 0 saturated heterocycles. The summed E-state index contributed by atoms with van der Waals surface area (Å²) in [6.45, 7) is 1.08. The molecule has 4 nitrogen and oxygen atoms in total. The normalized spacial score (nSPS) is 48.5. The van der Waals surface area contributed by atoms with Crippen LogP contribution in [0.25, 0.3) is 0 Å². The molecule has 6 heteroatoms. The van der Waals surface area contributed by atoms with Crippen molar-refractivity contribution in [1.29, 1.82) is 0 Å². The predicted octanol–water partition coefficient (Wildman–Crippen LogP) is 14.1. The summed E-state index contributed by atoms with van der Waals surface area (Å²) in [6.07, 6.45) is 34.9. The molecule has 0 radical (unpaired) electrons. The zero-order chi connectivity index (χ0) is 39.3. The Labute approximate surface area is 364 Å². The van der Waals surface area contributed by atoms with Gasteiger partial charge in [0, 0.05) is 11.1 Å². The molecule has 322 valence electrons. The van der Waals surface area contributed by atoms with Crippen molar-refractivity contribution >= 4 is 18.1 Å². The summed E-state index contributed by atoms with van der Waals surface area (Å²) >= 11 is 0. The van der Waals surface area contributed by atoms with E-state index in [1.165, 1.54) is 154 Å². The third-order valence-corrected chi connectivity index (χ3v) is 22.4. The minimum Gasteiger partial charge on any atom is -0.449 e. The van der Waals surface area contributed by atoms with Crippen molar-refractivity contribution in [3.05, 3.63) is 58.7 Å². The Bertz CT molecular complexity index is 1720. The third kappa shape index (κ3) is 6.29. The largest absolute Gasteiger partial charge is 0.449 e. The molecule has 0 heterocycles. The number of hydrogen-bond acceptors (Lipinski definition) is 4. The molecule has 2 aromatic rings. The maximum atomic E-state index is 6.73. The van der Waals surface area contributed by atoms with E-state index in [2.05, 4.69) is 36.4 Å². The first-order chi connectivity index (χ1) is 29.3. The van der Waals surface area contributed by atoms with Crippen LogP contribution < -0.4 is 9.05 Å². The Kier molecular flexibility index (Phi) is 9.00. The summed E-state index contributed by atoms with van der Waals surface area (Å²) in [5.74, 6) is 13.6. The standard InChI is InChI=1S/C54H72O4P2/c1-3-49(47(53-27-39-13-40(28-53)15-41(14-39)29-53)19-45(1)51-21-33-7-34(22-51)9-35(8-33)23-51)57-59-55-5-6-56-60-58-50-4-2-46(52-24-36-10-37(25-52)12-38(11-36)26-52)20-48(50)54-30-42-16-43(31-54)18-44(17-42)32-54/h1-4,19-20,33-44,59-60H,5-18,21-32H2. The van der Waals surface area contributed by atoms with Crippen molar-refractivity contribution in [2.75, 3.05) is 13.2 Å². The van der Waals surface area contributed by atoms with Crippen LogP contribution in [0.2, 0.25) is 0 Å². The van der Waals surface area contributed by atoms with Crippen LogP contribution in [0.5, 0.6) is 11.5 Å². The van der Waals surface area contributed by atoms with Crippen molar-refractivity contribution in [2.45, 2.75) is 176 Å². The van der Waals surface area contributed by atoms with E-state index in [4.69, 9.17) is 18.1 Å². The Balaban J connectivity index is 0.650. The lowest BCUT2D eigenvalue weighted by Gasteiger charge is -2.58. The highest BCUT2D eigenvalue weighted by Gasteiger charge is 2.57. The Morgan fingerprint density at radius 3 is 0.867 bits per heavy atom. The van der Waals surface area contributed by atoms with Gasteiger partial charge < -0.3 is 18.1 Å². The molecule has 16 aliphatic carbocycles. The first-order valence-corrected chi connectivity index (χ1v) is 27.4. The van der Waals surface area contributed by atoms with Crippen molar-refractivity contribution in [3.8, 4) is 11.5 Å². The van der Waals surface area contributed by atoms with Gasteiger partial charge in [-0.15, -0.1) is 0 Å². The Morgan fingerprint density at radius 2 is 0.600 bits per heavy atom. The summed E-state index contributed by atoms with van der Waals surface area (Å²) in [5, 5.41) is 0. The first-order valence-electron chi connectivity index (χ1n) is 25.7. The van der Waals surface area contributed by atoms with Crippen molar-refractivity contribution < 1.29 is 18.1 Å². The van der Waals surface area contributed by atoms with E-state index in [1.807, 2.05) is 0 Å². The predicted molar refractivity (Wildman–Crippen MR) is 242 cm³/mol. The molecule has 0 amide bonds. The van der Waals surface area contributed by atoms with Crippen LogP contribution in [-0.2, 0) is 30.7 Å². The van der Waals surface area contributed by atoms with Crippen molar-refractivity contribution in [2.24, 2.45) is 71.0 Å². The van der Waals surface area contributed by atoms with Crippen LogP contribution in [0.3, 0.4) is 0 Å². The second-order valence-electron chi connectivity index (χ2n) is 25.3. The van der Waals surface area contributed by atoms with E-state index in [1.54, 1.807) is 22.3 Å². The molecule has 0 aliphatic heterocycles. The van der Waals surface area contributed by atoms with E-state index in [9.17, 15) is 0 Å². The maximum absolute atomic E-state index is 6.73. The third-order valence-electron chi connectivity index (χ3n) is 21.2. The lowest BCUT2D eigenvalue weighted by atomic mass is 9.46. The molecular weight excluding hydrogens is 775 g/mol. The summed E-state index contributed by atoms with van der Waals surface area (Å²) < 4.78 is 25.9. The second kappa shape index (κ2) is 14.2. The molecule has 2 aromatic carbocycles. The first kappa shape index (κ1) is 38.1. The highest BCUT2D eigenvalue weighted by atomic mass is 31.1. The van der Waals surface area contributed by atoms with Gasteiger partial charge in [0.25, 0.3) is 0 Å². The zero-order valence-electron chi connectivity index (χ0n) is 36.4. The molecule has 2 atom stereocenters. The molecular formula is C54H72O4P2. The number of hydrogen-bond donors (Lipinski definition) is 0. The molecule has 18 rings (SSSR count). The minimum absolute atomic E-state index is 0.000678. The van der Waals surface area contributed by atoms with E-state index >= 15 is 0 Å². The highest BCUT2D eigenvalue weighted by molar-refractivity contribution is 7.27. The SMILES string of the molecule is c1cc(OPOCCOPOc2ccc(C34CC5CC(CC(C5)C3)C4)cc2C23CC4CC(CC(C4)C2)C3)c(C23CC4CC(CC(C4)C2)C3)cc1C12CC3CC(CC(C3)C1)C2. The van der Waals surface area contributed by atoms with Crippen LogP contribution in [0.4, 0.5) is 0 Å². The van der Waals surface area contributed by atoms with E-state index in [0.717, 1.165) is 82.5 Å². The number of benzene rings is 2. The summed E-state index contributed by atoms with van der Waals surface area (Å²) in [5.41, 5.74) is 7.97. The van der Waals surface area contributed by atoms with Gasteiger partial charge in [0.15, 0.2) is 0 Å². The molecule has 2 unspecified atom stereocenters. The maximum Gasteiger partial charge on any atom is 0.215 e. The lowest BCUT2D eigenvalue weighted by Crippen LogP contribution is -2.50. The summed E-state index contributed by atoms with van der Waals surface area (Å²) in [6, 6.07) is 15.3. The van der Waals surface area contributed by atoms with Gasteiger partial charge in [-0.25, -0.2) is 0 Å². The molecule has 0 aromatic heterocycles. The average Bonchev–Trinajstić information content (AvgIpc) is 3.20. The van der Waals surface area contributed by atoms with Gasteiger partial charge in [0.2, 0.25) is 18.1 Å². The van der Waals surface area contributed by atoms with Crippen LogP contribution in [-0.4, -0.2) is 13.2 Å². The average molecular weight is 847 g/mol. The van der Waals surface area contributed by atoms with Gasteiger partial charge in [0.1, 0.15) is 11.5 Å². The van der Waals surface area contributed by atoms with Gasteiger partial charge in [-0.1, -0.05) is 24.3 Å². The topological polar surface area (TPSA) is 36.9 Å². The van der Waals surface area contributed by atoms with Crippen molar-refractivity contribution in [3.63, 3.8) is 0 Å². The highest BCUT2D eigenvalue weighted by Crippen LogP contribution is 2.67. The molecule has 16 saturated carbocycles. The van der Waals surface area contributed by atoms with Crippen LogP contribution in [0, 0.1) is 71.0 Å². The van der Waals surface area contributed by atoms with Crippen LogP contribution in [0.15, 0.2) is 36.4 Å². The van der Waals surface area contributed by atoms with Crippen LogP contribution in [0.1, 0.15) is 176 Å². The van der Waals surface area contributed by atoms with Gasteiger partial charge >= 0.3 is 0 Å². The molecule has 0 N–H and O–H groups in total. The second-order valence-corrected chi connectivity index (χ2v) is 26.6. The fraction of sp³-hybridized carbons (Fsp3) is 0.778. The smallest absolute Gasteiger partial charge is 0.215 e. The monoisotopic (exact) mass is 846 g/mol. The molecule has 16 aliphatic rings. The van der Waals surface area contributed by atoms with Gasteiger partial charge in [-0.2, -0.15) is 0 Å². The Hall–Kier alpha value is -1.18. The molecule has 0 spiro atoms. The van der Waals surface area contributed by atoms with Gasteiger partial charge in [-0.05, 0) is 270 Å². The van der Waals surface area contributed by atoms with Crippen LogP contribution >= 0.6 is 18.1 Å². The fourth-order valence-electron chi connectivity index (χ4n) is 20.9. The Morgan fingerprint density at radius 1 is 0.350 bits per heavy atom. The summed E-state index contributed by atoms with van der Waals surface area (Å²) in [7, 11) is 0.00136. The zero-order valence-corrected chi connectivity index (χ0v) is 38.4. The quantitative estimate of drug-likeness (QED) is 0.149. The fourth-order valence-corrected chi connectivity index (χ4v) is 21.8. The molecule has 16 bridgehead atoms. The van der Waals surface area contributed by atoms with Gasteiger partial charge in [-0.3, -0.25) is 0 Å². The van der Waals surface area contributed by atoms with Gasteiger partial charge in [0.05, 0.1) is 13.2 Å². The minimum atomic E-state index is 0.000678. The summed E-state index contributed by atoms with van der Waals surface area (Å²) in [4.78, 5) is 0. The van der Waals surface area contributed by atoms with E-state index in [0.29, 0.717) is 34.9 Å². The molecule has 60 heavy (non-hydrogen) atoms. The number of rotatable bonds is 13.